The summed E-state index contributed by atoms with van der Waals surface area (Å²) < 4.78 is 4.98. The maximum Gasteiger partial charge on any atom is 0.251 e. The van der Waals surface area contributed by atoms with Crippen LogP contribution in [0.4, 0.5) is 0 Å². The molecule has 2 rings (SSSR count). The van der Waals surface area contributed by atoms with Crippen LogP contribution >= 0.6 is 11.3 Å². The minimum absolute atomic E-state index is 0.0393. The third-order valence-corrected chi connectivity index (χ3v) is 4.06. The molecule has 1 aromatic heterocycles. The molecule has 0 atom stereocenters. The molecule has 0 saturated carbocycles. The van der Waals surface area contributed by atoms with Gasteiger partial charge in [0.2, 0.25) is 0 Å². The van der Waals surface area contributed by atoms with Crippen molar-refractivity contribution >= 4 is 17.2 Å². The van der Waals surface area contributed by atoms with Gasteiger partial charge in [-0.2, -0.15) is 0 Å². The normalized spacial score (nSPS) is 10.6. The smallest absolute Gasteiger partial charge is 0.251 e. The van der Waals surface area contributed by atoms with Gasteiger partial charge in [0.15, 0.2) is 0 Å². The number of nitrogens with zero attached hydrogens (tertiary/aromatic N) is 1. The summed E-state index contributed by atoms with van der Waals surface area (Å²) in [5.74, 6) is -0.0393. The Morgan fingerprint density at radius 2 is 2.24 bits per heavy atom. The van der Waals surface area contributed by atoms with E-state index in [-0.39, 0.29) is 5.91 Å². The number of nitrogens with one attached hydrogen (secondary N) is 1. The minimum atomic E-state index is -0.0393. The van der Waals surface area contributed by atoms with E-state index in [9.17, 15) is 4.79 Å². The predicted molar refractivity (Wildman–Crippen MR) is 85.7 cm³/mol. The van der Waals surface area contributed by atoms with Crippen molar-refractivity contribution in [3.8, 4) is 10.6 Å². The van der Waals surface area contributed by atoms with E-state index < -0.39 is 0 Å². The van der Waals surface area contributed by atoms with Crippen molar-refractivity contribution in [1.82, 2.24) is 10.3 Å². The molecule has 2 aromatic rings. The third kappa shape index (κ3) is 4.65. The van der Waals surface area contributed by atoms with Gasteiger partial charge >= 0.3 is 0 Å². The number of hydrogen-bond acceptors (Lipinski definition) is 4. The quantitative estimate of drug-likeness (QED) is 0.799. The Bertz CT molecular complexity index is 595. The van der Waals surface area contributed by atoms with E-state index in [0.717, 1.165) is 35.7 Å². The molecule has 0 fully saturated rings. The Labute approximate surface area is 129 Å². The summed E-state index contributed by atoms with van der Waals surface area (Å²) in [7, 11) is 1.68. The monoisotopic (exact) mass is 304 g/mol. The highest BCUT2D eigenvalue weighted by atomic mass is 32.1. The second-order valence-electron chi connectivity index (χ2n) is 4.83. The summed E-state index contributed by atoms with van der Waals surface area (Å²) in [5.41, 5.74) is 2.66. The largest absolute Gasteiger partial charge is 0.385 e. The van der Waals surface area contributed by atoms with Gasteiger partial charge in [-0.3, -0.25) is 4.79 Å². The lowest BCUT2D eigenvalue weighted by molar-refractivity contribution is 0.0951. The summed E-state index contributed by atoms with van der Waals surface area (Å²) in [6.07, 6.45) is 1.88. The number of carbonyl (C=O) groups excluding carboxylic acids is 1. The first-order chi connectivity index (χ1) is 10.2. The summed E-state index contributed by atoms with van der Waals surface area (Å²) in [6.45, 7) is 3.37. The molecule has 21 heavy (non-hydrogen) atoms. The van der Waals surface area contributed by atoms with Crippen molar-refractivity contribution in [3.63, 3.8) is 0 Å². The van der Waals surface area contributed by atoms with Gasteiger partial charge in [-0.1, -0.05) is 12.1 Å². The van der Waals surface area contributed by atoms with Crippen molar-refractivity contribution in [3.05, 3.63) is 40.9 Å². The van der Waals surface area contributed by atoms with Gasteiger partial charge in [0.25, 0.3) is 5.91 Å². The molecule has 0 aliphatic heterocycles. The van der Waals surface area contributed by atoms with Crippen molar-refractivity contribution in [2.75, 3.05) is 20.3 Å². The number of amides is 1. The van der Waals surface area contributed by atoms with Crippen LogP contribution in [0.5, 0.6) is 0 Å². The van der Waals surface area contributed by atoms with Crippen molar-refractivity contribution in [2.45, 2.75) is 19.8 Å². The zero-order chi connectivity index (χ0) is 15.1. The number of benzene rings is 1. The Kier molecular flexibility index (Phi) is 5.90. The molecule has 0 bridgehead atoms. The van der Waals surface area contributed by atoms with E-state index >= 15 is 0 Å². The Morgan fingerprint density at radius 1 is 1.38 bits per heavy atom. The fraction of sp³-hybridized carbons (Fsp3) is 0.375. The van der Waals surface area contributed by atoms with E-state index in [1.165, 1.54) is 0 Å². The van der Waals surface area contributed by atoms with Crippen LogP contribution in [0.3, 0.4) is 0 Å². The second kappa shape index (κ2) is 7.90. The average Bonchev–Trinajstić information content (AvgIpc) is 2.93. The van der Waals surface area contributed by atoms with Gasteiger partial charge < -0.3 is 10.1 Å². The Morgan fingerprint density at radius 3 is 2.95 bits per heavy atom. The molecule has 0 radical (unpaired) electrons. The molecule has 1 heterocycles. The number of hydrogen-bond donors (Lipinski definition) is 1. The van der Waals surface area contributed by atoms with Crippen LogP contribution in [-0.2, 0) is 4.74 Å². The van der Waals surface area contributed by atoms with Crippen LogP contribution in [0.15, 0.2) is 29.6 Å². The van der Waals surface area contributed by atoms with Gasteiger partial charge in [0.05, 0.1) is 0 Å². The second-order valence-corrected chi connectivity index (χ2v) is 5.69. The number of thiazole rings is 1. The standard InChI is InChI=1S/C16H20N2O2S/c1-12-11-21-16(18-12)14-7-5-6-13(10-14)15(19)17-8-3-4-9-20-2/h5-7,10-11H,3-4,8-9H2,1-2H3,(H,17,19). The lowest BCUT2D eigenvalue weighted by Crippen LogP contribution is -2.24. The van der Waals surface area contributed by atoms with Gasteiger partial charge in [-0.25, -0.2) is 4.98 Å². The molecular weight excluding hydrogens is 284 g/mol. The first kappa shape index (κ1) is 15.7. The van der Waals surface area contributed by atoms with Crippen LogP contribution in [0, 0.1) is 6.92 Å². The lowest BCUT2D eigenvalue weighted by Gasteiger charge is -2.06. The highest BCUT2D eigenvalue weighted by Gasteiger charge is 2.08. The van der Waals surface area contributed by atoms with Crippen molar-refractivity contribution < 1.29 is 9.53 Å². The molecule has 112 valence electrons. The summed E-state index contributed by atoms with van der Waals surface area (Å²) in [6, 6.07) is 7.59. The van der Waals surface area contributed by atoms with Crippen molar-refractivity contribution in [2.24, 2.45) is 0 Å². The lowest BCUT2D eigenvalue weighted by atomic mass is 10.1. The van der Waals surface area contributed by atoms with E-state index in [4.69, 9.17) is 4.74 Å². The fourth-order valence-electron chi connectivity index (χ4n) is 1.96. The molecule has 4 nitrogen and oxygen atoms in total. The number of aryl methyl sites for hydroxylation is 1. The van der Waals surface area contributed by atoms with Gasteiger partial charge in [-0.15, -0.1) is 11.3 Å². The molecular formula is C16H20N2O2S. The van der Waals surface area contributed by atoms with Gasteiger partial charge in [0.1, 0.15) is 5.01 Å². The van der Waals surface area contributed by atoms with Crippen molar-refractivity contribution in [1.29, 1.82) is 0 Å². The number of rotatable bonds is 7. The molecule has 0 aliphatic carbocycles. The molecule has 5 heteroatoms. The maximum atomic E-state index is 12.1. The molecule has 1 N–H and O–H groups in total. The molecule has 0 aliphatic rings. The molecule has 0 saturated heterocycles. The summed E-state index contributed by atoms with van der Waals surface area (Å²) in [4.78, 5) is 16.6. The summed E-state index contributed by atoms with van der Waals surface area (Å²) >= 11 is 1.59. The van der Waals surface area contributed by atoms with E-state index in [1.807, 2.05) is 36.6 Å². The first-order valence-electron chi connectivity index (χ1n) is 7.00. The molecule has 0 unspecified atom stereocenters. The first-order valence-corrected chi connectivity index (χ1v) is 7.88. The van der Waals surface area contributed by atoms with E-state index in [2.05, 4.69) is 10.3 Å². The molecule has 1 amide bonds. The molecule has 1 aromatic carbocycles. The number of methoxy groups -OCH3 is 1. The van der Waals surface area contributed by atoms with Crippen LogP contribution in [0.2, 0.25) is 0 Å². The van der Waals surface area contributed by atoms with Crippen LogP contribution < -0.4 is 5.32 Å². The van der Waals surface area contributed by atoms with E-state index in [0.29, 0.717) is 12.1 Å². The predicted octanol–water partition coefficient (Wildman–Crippen LogP) is 3.27. The average molecular weight is 304 g/mol. The van der Waals surface area contributed by atoms with E-state index in [1.54, 1.807) is 18.4 Å². The van der Waals surface area contributed by atoms with Gasteiger partial charge in [0, 0.05) is 42.5 Å². The Hall–Kier alpha value is -1.72. The highest BCUT2D eigenvalue weighted by Crippen LogP contribution is 2.24. The number of ether oxygens (including phenoxy) is 1. The maximum absolute atomic E-state index is 12.1. The number of carbonyl (C=O) groups is 1. The topological polar surface area (TPSA) is 51.2 Å². The fourth-order valence-corrected chi connectivity index (χ4v) is 2.75. The van der Waals surface area contributed by atoms with Crippen LogP contribution in [-0.4, -0.2) is 31.2 Å². The van der Waals surface area contributed by atoms with Crippen LogP contribution in [0.25, 0.3) is 10.6 Å². The minimum Gasteiger partial charge on any atom is -0.385 e. The Balaban J connectivity index is 1.95. The number of aromatic nitrogens is 1. The zero-order valence-corrected chi connectivity index (χ0v) is 13.2. The molecule has 0 spiro atoms. The van der Waals surface area contributed by atoms with Crippen LogP contribution in [0.1, 0.15) is 28.9 Å². The zero-order valence-electron chi connectivity index (χ0n) is 12.4. The SMILES string of the molecule is COCCCCNC(=O)c1cccc(-c2nc(C)cs2)c1. The number of unbranched alkanes of at least 4 members (excludes halogenated alkanes) is 1. The van der Waals surface area contributed by atoms with Gasteiger partial charge in [-0.05, 0) is 31.9 Å². The summed E-state index contributed by atoms with van der Waals surface area (Å²) in [5, 5.41) is 5.89. The highest BCUT2D eigenvalue weighted by molar-refractivity contribution is 7.13. The third-order valence-electron chi connectivity index (χ3n) is 3.05.